The molecule has 1 nitrogen and oxygen atoms in total. The quantitative estimate of drug-likeness (QED) is 0.383. The second-order valence-electron chi connectivity index (χ2n) is 7.98. The Morgan fingerprint density at radius 1 is 0.840 bits per heavy atom. The molecule has 0 N–H and O–H groups in total. The summed E-state index contributed by atoms with van der Waals surface area (Å²) in [5.74, 6) is 0. The largest absolute Gasteiger partial charge is 0.255 e. The number of thiophene rings is 1. The summed E-state index contributed by atoms with van der Waals surface area (Å²) in [7, 11) is -1.30. The lowest BCUT2D eigenvalue weighted by Gasteiger charge is -2.16. The second kappa shape index (κ2) is 5.79. The molecule has 2 aromatic heterocycles. The summed E-state index contributed by atoms with van der Waals surface area (Å²) in [6, 6.07) is 15.9. The molecule has 126 valence electrons. The highest BCUT2D eigenvalue weighted by Gasteiger charge is 2.18. The van der Waals surface area contributed by atoms with E-state index in [2.05, 4.69) is 76.0 Å². The van der Waals surface area contributed by atoms with Crippen LogP contribution in [0.4, 0.5) is 0 Å². The van der Waals surface area contributed by atoms with E-state index >= 15 is 0 Å². The molecule has 0 atom stereocenters. The van der Waals surface area contributed by atoms with E-state index in [1.807, 2.05) is 17.5 Å². The third-order valence-electron chi connectivity index (χ3n) is 4.75. The van der Waals surface area contributed by atoms with Crippen LogP contribution in [0.3, 0.4) is 0 Å². The molecule has 0 unspecified atom stereocenters. The van der Waals surface area contributed by atoms with Crippen molar-refractivity contribution in [2.75, 3.05) is 0 Å². The fraction of sp³-hybridized carbons (Fsp3) is 0.227. The number of aryl methyl sites for hydroxylation is 2. The van der Waals surface area contributed by atoms with Gasteiger partial charge in [0, 0.05) is 27.2 Å². The van der Waals surface area contributed by atoms with Crippen LogP contribution in [0.1, 0.15) is 11.1 Å². The predicted octanol–water partition coefficient (Wildman–Crippen LogP) is 6.28. The van der Waals surface area contributed by atoms with Crippen LogP contribution < -0.4 is 5.19 Å². The Hall–Kier alpha value is -1.97. The maximum Gasteiger partial charge on any atom is 0.0880 e. The van der Waals surface area contributed by atoms with Crippen LogP contribution in [0.25, 0.3) is 31.4 Å². The highest BCUT2D eigenvalue weighted by molar-refractivity contribution is 7.26. The van der Waals surface area contributed by atoms with Gasteiger partial charge in [-0.25, -0.2) is 0 Å². The van der Waals surface area contributed by atoms with E-state index in [0.29, 0.717) is 0 Å². The molecule has 0 bridgehead atoms. The van der Waals surface area contributed by atoms with Crippen molar-refractivity contribution in [3.05, 3.63) is 59.8 Å². The lowest BCUT2D eigenvalue weighted by molar-refractivity contribution is 1.33. The van der Waals surface area contributed by atoms with Crippen LogP contribution in [0.2, 0.25) is 19.6 Å². The molecule has 2 heterocycles. The van der Waals surface area contributed by atoms with Gasteiger partial charge in [0.25, 0.3) is 0 Å². The zero-order chi connectivity index (χ0) is 17.8. The van der Waals surface area contributed by atoms with Crippen molar-refractivity contribution in [2.24, 2.45) is 0 Å². The van der Waals surface area contributed by atoms with Crippen molar-refractivity contribution in [2.45, 2.75) is 33.5 Å². The fourth-order valence-electron chi connectivity index (χ4n) is 3.49. The van der Waals surface area contributed by atoms with Gasteiger partial charge in [-0.05, 0) is 38.1 Å². The minimum atomic E-state index is -1.30. The van der Waals surface area contributed by atoms with Gasteiger partial charge in [0.2, 0.25) is 0 Å². The first-order chi connectivity index (χ1) is 11.8. The smallest absolute Gasteiger partial charge is 0.0880 e. The first-order valence-electron chi connectivity index (χ1n) is 8.73. The molecule has 4 rings (SSSR count). The van der Waals surface area contributed by atoms with E-state index in [0.717, 1.165) is 5.69 Å². The van der Waals surface area contributed by atoms with Crippen molar-refractivity contribution in [3.63, 3.8) is 0 Å². The zero-order valence-corrected chi connectivity index (χ0v) is 17.3. The first-order valence-corrected chi connectivity index (χ1v) is 13.0. The SMILES string of the molecule is Cc1cc(C)cc(-c2nccc3c2sc2cc([Si](C)(C)C)ccc23)c1. The first kappa shape index (κ1) is 16.5. The van der Waals surface area contributed by atoms with Crippen molar-refractivity contribution >= 4 is 44.8 Å². The molecular formula is C22H23NSSi. The van der Waals surface area contributed by atoms with E-state index < -0.39 is 8.07 Å². The highest BCUT2D eigenvalue weighted by Crippen LogP contribution is 2.38. The van der Waals surface area contributed by atoms with Crippen LogP contribution in [-0.4, -0.2) is 13.1 Å². The number of nitrogens with zero attached hydrogens (tertiary/aromatic N) is 1. The van der Waals surface area contributed by atoms with Gasteiger partial charge in [-0.2, -0.15) is 0 Å². The zero-order valence-electron chi connectivity index (χ0n) is 15.5. The Morgan fingerprint density at radius 3 is 2.24 bits per heavy atom. The molecule has 3 heteroatoms. The summed E-state index contributed by atoms with van der Waals surface area (Å²) in [6.45, 7) is 11.5. The molecule has 0 amide bonds. The Labute approximate surface area is 154 Å². The minimum Gasteiger partial charge on any atom is -0.255 e. The van der Waals surface area contributed by atoms with E-state index in [4.69, 9.17) is 4.98 Å². The molecule has 2 aromatic carbocycles. The van der Waals surface area contributed by atoms with Gasteiger partial charge in [0.15, 0.2) is 0 Å². The molecule has 4 aromatic rings. The lowest BCUT2D eigenvalue weighted by atomic mass is 10.0. The van der Waals surface area contributed by atoms with E-state index in [1.165, 1.54) is 42.0 Å². The molecule has 0 saturated heterocycles. The van der Waals surface area contributed by atoms with Gasteiger partial charge < -0.3 is 0 Å². The number of fused-ring (bicyclic) bond motifs is 3. The van der Waals surface area contributed by atoms with Gasteiger partial charge in [-0.3, -0.25) is 4.98 Å². The molecule has 0 aliphatic rings. The second-order valence-corrected chi connectivity index (χ2v) is 14.1. The molecule has 0 radical (unpaired) electrons. The Kier molecular flexibility index (Phi) is 3.82. The Balaban J connectivity index is 2.01. The third kappa shape index (κ3) is 2.92. The number of hydrogen-bond donors (Lipinski definition) is 0. The summed E-state index contributed by atoms with van der Waals surface area (Å²) in [6.07, 6.45) is 1.95. The van der Waals surface area contributed by atoms with Crippen molar-refractivity contribution in [3.8, 4) is 11.3 Å². The van der Waals surface area contributed by atoms with Crippen molar-refractivity contribution in [1.29, 1.82) is 0 Å². The number of hydrogen-bond acceptors (Lipinski definition) is 2. The molecule has 0 spiro atoms. The summed E-state index contributed by atoms with van der Waals surface area (Å²) in [5, 5.41) is 4.20. The van der Waals surface area contributed by atoms with Crippen molar-refractivity contribution < 1.29 is 0 Å². The normalized spacial score (nSPS) is 12.2. The monoisotopic (exact) mass is 361 g/mol. The van der Waals surface area contributed by atoms with E-state index in [-0.39, 0.29) is 0 Å². The maximum absolute atomic E-state index is 4.74. The predicted molar refractivity (Wildman–Crippen MR) is 115 cm³/mol. The summed E-state index contributed by atoms with van der Waals surface area (Å²) < 4.78 is 2.68. The maximum atomic E-state index is 4.74. The van der Waals surface area contributed by atoms with Gasteiger partial charge in [0.05, 0.1) is 18.5 Å². The van der Waals surface area contributed by atoms with Gasteiger partial charge in [-0.15, -0.1) is 11.3 Å². The van der Waals surface area contributed by atoms with E-state index in [9.17, 15) is 0 Å². The summed E-state index contributed by atoms with van der Waals surface area (Å²) in [5.41, 5.74) is 4.91. The Bertz CT molecular complexity index is 1080. The van der Waals surface area contributed by atoms with Gasteiger partial charge in [0.1, 0.15) is 0 Å². The summed E-state index contributed by atoms with van der Waals surface area (Å²) >= 11 is 1.88. The third-order valence-corrected chi connectivity index (χ3v) is 7.97. The number of aromatic nitrogens is 1. The van der Waals surface area contributed by atoms with E-state index in [1.54, 1.807) is 0 Å². The van der Waals surface area contributed by atoms with Gasteiger partial charge >= 0.3 is 0 Å². The molecule has 0 fully saturated rings. The molecule has 0 saturated carbocycles. The van der Waals surface area contributed by atoms with Crippen LogP contribution in [0.5, 0.6) is 0 Å². The van der Waals surface area contributed by atoms with Crippen molar-refractivity contribution in [1.82, 2.24) is 4.98 Å². The van der Waals surface area contributed by atoms with Crippen LogP contribution in [0, 0.1) is 13.8 Å². The topological polar surface area (TPSA) is 12.9 Å². The molecular weight excluding hydrogens is 338 g/mol. The minimum absolute atomic E-state index is 1.11. The molecule has 25 heavy (non-hydrogen) atoms. The standard InChI is InChI=1S/C22H23NSSi/c1-14-10-15(2)12-16(11-14)21-22-19(8-9-23-21)18-7-6-17(25(3,4)5)13-20(18)24-22/h6-13H,1-5H3. The van der Waals surface area contributed by atoms with Crippen LogP contribution in [-0.2, 0) is 0 Å². The highest BCUT2D eigenvalue weighted by atomic mass is 32.1. The molecule has 0 aliphatic heterocycles. The number of benzene rings is 2. The van der Waals surface area contributed by atoms with Gasteiger partial charge in [-0.1, -0.05) is 54.2 Å². The Morgan fingerprint density at radius 2 is 1.56 bits per heavy atom. The average molecular weight is 362 g/mol. The van der Waals surface area contributed by atoms with Crippen LogP contribution >= 0.6 is 11.3 Å². The summed E-state index contributed by atoms with van der Waals surface area (Å²) in [4.78, 5) is 4.74. The van der Waals surface area contributed by atoms with Crippen LogP contribution in [0.15, 0.2) is 48.7 Å². The lowest BCUT2D eigenvalue weighted by Crippen LogP contribution is -2.37. The fourth-order valence-corrected chi connectivity index (χ4v) is 6.00. The molecule has 0 aliphatic carbocycles. The number of rotatable bonds is 2. The number of pyridine rings is 1. The average Bonchev–Trinajstić information content (AvgIpc) is 2.90.